The third-order valence-electron chi connectivity index (χ3n) is 3.57. The first kappa shape index (κ1) is 16.7. The summed E-state index contributed by atoms with van der Waals surface area (Å²) < 4.78 is 5.27. The number of benzene rings is 1. The number of carbonyl (C=O) groups excluding carboxylic acids is 1. The van der Waals surface area contributed by atoms with Gasteiger partial charge in [0.05, 0.1) is 6.10 Å². The second kappa shape index (κ2) is 8.72. The third kappa shape index (κ3) is 5.31. The van der Waals surface area contributed by atoms with E-state index in [0.29, 0.717) is 19.4 Å². The highest BCUT2D eigenvalue weighted by Crippen LogP contribution is 2.14. The number of hydrogen-bond donors (Lipinski definition) is 2. The molecular formula is C16H25NO3. The zero-order valence-electron chi connectivity index (χ0n) is 12.3. The van der Waals surface area contributed by atoms with Crippen LogP contribution in [0.3, 0.4) is 0 Å². The summed E-state index contributed by atoms with van der Waals surface area (Å²) >= 11 is 0. The molecule has 0 unspecified atom stereocenters. The van der Waals surface area contributed by atoms with Gasteiger partial charge in [-0.15, -0.1) is 0 Å². The molecule has 4 nitrogen and oxygen atoms in total. The van der Waals surface area contributed by atoms with Gasteiger partial charge in [-0.2, -0.15) is 0 Å². The molecule has 1 aromatic rings. The van der Waals surface area contributed by atoms with Gasteiger partial charge >= 0.3 is 5.97 Å². The molecule has 112 valence electrons. The van der Waals surface area contributed by atoms with Crippen LogP contribution >= 0.6 is 0 Å². The van der Waals surface area contributed by atoms with E-state index in [-0.39, 0.29) is 11.9 Å². The lowest BCUT2D eigenvalue weighted by Crippen LogP contribution is -2.38. The summed E-state index contributed by atoms with van der Waals surface area (Å²) in [4.78, 5) is 11.8. The Kier molecular flexibility index (Phi) is 7.26. The molecule has 3 atom stereocenters. The number of nitrogens with two attached hydrogens (primary N) is 1. The quantitative estimate of drug-likeness (QED) is 0.713. The van der Waals surface area contributed by atoms with Crippen molar-refractivity contribution < 1.29 is 14.6 Å². The summed E-state index contributed by atoms with van der Waals surface area (Å²) in [6.07, 6.45) is 0.512. The largest absolute Gasteiger partial charge is 0.460 e. The molecule has 0 saturated heterocycles. The molecule has 4 heteroatoms. The molecule has 0 heterocycles. The number of hydrogen-bond acceptors (Lipinski definition) is 4. The van der Waals surface area contributed by atoms with Crippen molar-refractivity contribution in [1.29, 1.82) is 0 Å². The molecule has 20 heavy (non-hydrogen) atoms. The summed E-state index contributed by atoms with van der Waals surface area (Å²) in [6.45, 7) is 4.07. The monoisotopic (exact) mass is 279 g/mol. The molecule has 0 saturated carbocycles. The molecule has 0 spiro atoms. The number of ether oxygens (including phenoxy) is 1. The lowest BCUT2D eigenvalue weighted by Gasteiger charge is -2.25. The highest BCUT2D eigenvalue weighted by Gasteiger charge is 2.25. The van der Waals surface area contributed by atoms with Crippen LogP contribution in [0.25, 0.3) is 0 Å². The number of carbonyl (C=O) groups is 1. The first-order chi connectivity index (χ1) is 9.58. The number of esters is 1. The SMILES string of the molecule is CC[C@H](CN)[C@H](O)[C@H](C)OC(=O)CCc1ccccc1. The van der Waals surface area contributed by atoms with Crippen LogP contribution < -0.4 is 5.73 Å². The Morgan fingerprint density at radius 2 is 2.00 bits per heavy atom. The van der Waals surface area contributed by atoms with Crippen LogP contribution in [0.4, 0.5) is 0 Å². The van der Waals surface area contributed by atoms with Gasteiger partial charge < -0.3 is 15.6 Å². The molecule has 0 aromatic heterocycles. The van der Waals surface area contributed by atoms with Crippen molar-refractivity contribution in [1.82, 2.24) is 0 Å². The zero-order valence-corrected chi connectivity index (χ0v) is 12.3. The van der Waals surface area contributed by atoms with Crippen LogP contribution in [0.2, 0.25) is 0 Å². The minimum atomic E-state index is -0.703. The summed E-state index contributed by atoms with van der Waals surface area (Å²) in [5.74, 6) is -0.320. The number of aliphatic hydroxyl groups excluding tert-OH is 1. The van der Waals surface area contributed by atoms with Gasteiger partial charge in [-0.3, -0.25) is 4.79 Å². The van der Waals surface area contributed by atoms with Crippen LogP contribution in [0.15, 0.2) is 30.3 Å². The summed E-state index contributed by atoms with van der Waals surface area (Å²) in [7, 11) is 0. The molecule has 0 bridgehead atoms. The minimum absolute atomic E-state index is 0.0353. The second-order valence-corrected chi connectivity index (χ2v) is 5.08. The maximum Gasteiger partial charge on any atom is 0.306 e. The molecule has 1 aromatic carbocycles. The van der Waals surface area contributed by atoms with Crippen molar-refractivity contribution in [2.75, 3.05) is 6.54 Å². The zero-order chi connectivity index (χ0) is 15.0. The van der Waals surface area contributed by atoms with E-state index in [4.69, 9.17) is 10.5 Å². The molecule has 3 N–H and O–H groups in total. The van der Waals surface area contributed by atoms with E-state index in [0.717, 1.165) is 12.0 Å². The van der Waals surface area contributed by atoms with E-state index < -0.39 is 12.2 Å². The van der Waals surface area contributed by atoms with Gasteiger partial charge in [0, 0.05) is 12.3 Å². The molecule has 0 radical (unpaired) electrons. The van der Waals surface area contributed by atoms with E-state index in [1.165, 1.54) is 0 Å². The van der Waals surface area contributed by atoms with E-state index in [2.05, 4.69) is 0 Å². The lowest BCUT2D eigenvalue weighted by molar-refractivity contribution is -0.155. The standard InChI is InChI=1S/C16H25NO3/c1-3-14(11-17)16(19)12(2)20-15(18)10-9-13-7-5-4-6-8-13/h4-8,12,14,16,19H,3,9-11,17H2,1-2H3/t12-,14+,16+/m0/s1. The normalized spacial score (nSPS) is 15.4. The van der Waals surface area contributed by atoms with Crippen molar-refractivity contribution in [3.8, 4) is 0 Å². The van der Waals surface area contributed by atoms with Crippen LogP contribution in [-0.4, -0.2) is 29.8 Å². The molecule has 0 fully saturated rings. The highest BCUT2D eigenvalue weighted by atomic mass is 16.6. The predicted octanol–water partition coefficient (Wildman–Crippen LogP) is 1.90. The van der Waals surface area contributed by atoms with Crippen LogP contribution in [-0.2, 0) is 16.0 Å². The third-order valence-corrected chi connectivity index (χ3v) is 3.57. The molecule has 1 rings (SSSR count). The Bertz CT molecular complexity index is 390. The van der Waals surface area contributed by atoms with Crippen LogP contribution in [0.1, 0.15) is 32.3 Å². The fourth-order valence-corrected chi connectivity index (χ4v) is 2.16. The van der Waals surface area contributed by atoms with Gasteiger partial charge in [-0.25, -0.2) is 0 Å². The van der Waals surface area contributed by atoms with Gasteiger partial charge in [-0.1, -0.05) is 37.3 Å². The van der Waals surface area contributed by atoms with Crippen LogP contribution in [0, 0.1) is 5.92 Å². The highest BCUT2D eigenvalue weighted by molar-refractivity contribution is 5.69. The van der Waals surface area contributed by atoms with Gasteiger partial charge in [0.1, 0.15) is 6.10 Å². The minimum Gasteiger partial charge on any atom is -0.460 e. The summed E-state index contributed by atoms with van der Waals surface area (Å²) in [5.41, 5.74) is 6.69. The molecular weight excluding hydrogens is 254 g/mol. The lowest BCUT2D eigenvalue weighted by atomic mass is 9.96. The molecule has 0 amide bonds. The first-order valence-corrected chi connectivity index (χ1v) is 7.20. The number of aliphatic hydroxyl groups is 1. The summed E-state index contributed by atoms with van der Waals surface area (Å²) in [5, 5.41) is 10.1. The van der Waals surface area contributed by atoms with Crippen molar-refractivity contribution >= 4 is 5.97 Å². The van der Waals surface area contributed by atoms with E-state index >= 15 is 0 Å². The van der Waals surface area contributed by atoms with Crippen LogP contribution in [0.5, 0.6) is 0 Å². The smallest absolute Gasteiger partial charge is 0.306 e. The first-order valence-electron chi connectivity index (χ1n) is 7.20. The Balaban J connectivity index is 2.38. The van der Waals surface area contributed by atoms with E-state index in [1.54, 1.807) is 6.92 Å². The Hall–Kier alpha value is -1.39. The maximum absolute atomic E-state index is 11.8. The fraction of sp³-hybridized carbons (Fsp3) is 0.562. The number of aryl methyl sites for hydroxylation is 1. The van der Waals surface area contributed by atoms with Crippen molar-refractivity contribution in [3.05, 3.63) is 35.9 Å². The Morgan fingerprint density at radius 1 is 1.35 bits per heavy atom. The van der Waals surface area contributed by atoms with Gasteiger partial charge in [-0.05, 0) is 31.9 Å². The molecule has 0 aliphatic carbocycles. The predicted molar refractivity (Wildman–Crippen MR) is 79.2 cm³/mol. The fourth-order valence-electron chi connectivity index (χ4n) is 2.16. The molecule has 0 aliphatic heterocycles. The molecule has 0 aliphatic rings. The Morgan fingerprint density at radius 3 is 2.55 bits per heavy atom. The van der Waals surface area contributed by atoms with Gasteiger partial charge in [0.25, 0.3) is 0 Å². The maximum atomic E-state index is 11.8. The van der Waals surface area contributed by atoms with E-state index in [1.807, 2.05) is 37.3 Å². The summed E-state index contributed by atoms with van der Waals surface area (Å²) in [6, 6.07) is 9.79. The topological polar surface area (TPSA) is 72.6 Å². The average molecular weight is 279 g/mol. The second-order valence-electron chi connectivity index (χ2n) is 5.08. The van der Waals surface area contributed by atoms with Gasteiger partial charge in [0.15, 0.2) is 0 Å². The number of rotatable bonds is 8. The average Bonchev–Trinajstić information content (AvgIpc) is 2.47. The van der Waals surface area contributed by atoms with Crippen molar-refractivity contribution in [2.24, 2.45) is 11.7 Å². The van der Waals surface area contributed by atoms with Gasteiger partial charge in [0.2, 0.25) is 0 Å². The van der Waals surface area contributed by atoms with E-state index in [9.17, 15) is 9.90 Å². The van der Waals surface area contributed by atoms with Crippen molar-refractivity contribution in [2.45, 2.75) is 45.3 Å². The van der Waals surface area contributed by atoms with Crippen molar-refractivity contribution in [3.63, 3.8) is 0 Å². The Labute approximate surface area is 120 Å².